The van der Waals surface area contributed by atoms with E-state index in [-0.39, 0.29) is 17.1 Å². The van der Waals surface area contributed by atoms with Gasteiger partial charge in [-0.2, -0.15) is 0 Å². The van der Waals surface area contributed by atoms with Crippen LogP contribution >= 0.6 is 0 Å². The number of carbonyl (C=O) groups excluding carboxylic acids is 1. The van der Waals surface area contributed by atoms with Crippen molar-refractivity contribution in [3.05, 3.63) is 71.8 Å². The lowest BCUT2D eigenvalue weighted by Gasteiger charge is -2.47. The van der Waals surface area contributed by atoms with E-state index in [0.29, 0.717) is 13.0 Å². The monoisotopic (exact) mass is 393 g/mol. The highest BCUT2D eigenvalue weighted by Crippen LogP contribution is 2.40. The number of nitrogens with zero attached hydrogens (tertiary/aromatic N) is 3. The van der Waals surface area contributed by atoms with Crippen molar-refractivity contribution in [2.45, 2.75) is 32.2 Å². The Morgan fingerprint density at radius 1 is 1.10 bits per heavy atom. The van der Waals surface area contributed by atoms with E-state index in [4.69, 9.17) is 0 Å². The van der Waals surface area contributed by atoms with Gasteiger partial charge in [0.2, 0.25) is 5.91 Å². The smallest absolute Gasteiger partial charge is 0.222 e. The molecular formula is C24H28FN3O. The van der Waals surface area contributed by atoms with Gasteiger partial charge in [0.25, 0.3) is 0 Å². The van der Waals surface area contributed by atoms with E-state index >= 15 is 0 Å². The molecule has 1 aromatic heterocycles. The van der Waals surface area contributed by atoms with Crippen LogP contribution < -0.4 is 0 Å². The first kappa shape index (κ1) is 19.8. The van der Waals surface area contributed by atoms with Crippen LogP contribution in [0, 0.1) is 11.2 Å². The molecule has 2 saturated heterocycles. The number of rotatable bonds is 5. The molecule has 1 aromatic carbocycles. The van der Waals surface area contributed by atoms with E-state index in [1.165, 1.54) is 12.1 Å². The van der Waals surface area contributed by atoms with Crippen molar-refractivity contribution in [1.82, 2.24) is 14.8 Å². The molecule has 0 saturated carbocycles. The van der Waals surface area contributed by atoms with Crippen LogP contribution in [-0.4, -0.2) is 46.9 Å². The van der Waals surface area contributed by atoms with E-state index in [0.717, 1.165) is 56.6 Å². The Bertz CT molecular complexity index is 842. The number of amides is 1. The third-order valence-electron chi connectivity index (χ3n) is 6.31. The Morgan fingerprint density at radius 2 is 1.90 bits per heavy atom. The molecule has 29 heavy (non-hydrogen) atoms. The molecule has 0 N–H and O–H groups in total. The molecule has 3 heterocycles. The Hall–Kier alpha value is -2.53. The summed E-state index contributed by atoms with van der Waals surface area (Å²) in [5.74, 6) is 0.0659. The lowest BCUT2D eigenvalue weighted by molar-refractivity contribution is -0.139. The van der Waals surface area contributed by atoms with Gasteiger partial charge in [0.1, 0.15) is 5.82 Å². The molecular weight excluding hydrogens is 365 g/mol. The zero-order chi connectivity index (χ0) is 20.1. The number of aromatic nitrogens is 1. The minimum Gasteiger partial charge on any atom is -0.338 e. The number of carbonyl (C=O) groups is 1. The van der Waals surface area contributed by atoms with Crippen molar-refractivity contribution in [2.24, 2.45) is 5.41 Å². The van der Waals surface area contributed by atoms with Crippen LogP contribution in [0.3, 0.4) is 0 Å². The quantitative estimate of drug-likeness (QED) is 0.766. The fourth-order valence-corrected chi connectivity index (χ4v) is 4.49. The van der Waals surface area contributed by atoms with Crippen LogP contribution in [0.15, 0.2) is 54.9 Å². The van der Waals surface area contributed by atoms with Crippen molar-refractivity contribution in [2.75, 3.05) is 26.2 Å². The van der Waals surface area contributed by atoms with Crippen molar-refractivity contribution in [1.29, 1.82) is 0 Å². The summed E-state index contributed by atoms with van der Waals surface area (Å²) < 4.78 is 13.0. The highest BCUT2D eigenvalue weighted by Gasteiger charge is 2.40. The number of hydrogen-bond donors (Lipinski definition) is 0. The maximum absolute atomic E-state index is 13.0. The number of halogens is 1. The van der Waals surface area contributed by atoms with Crippen molar-refractivity contribution >= 4 is 12.0 Å². The van der Waals surface area contributed by atoms with Gasteiger partial charge in [-0.15, -0.1) is 0 Å². The summed E-state index contributed by atoms with van der Waals surface area (Å²) in [6, 6.07) is 10.5. The van der Waals surface area contributed by atoms with Crippen molar-refractivity contribution < 1.29 is 9.18 Å². The van der Waals surface area contributed by atoms with Gasteiger partial charge in [0.05, 0.1) is 0 Å². The zero-order valence-electron chi connectivity index (χ0n) is 16.8. The van der Waals surface area contributed by atoms with Crippen LogP contribution in [0.1, 0.15) is 36.8 Å². The maximum atomic E-state index is 13.0. The molecule has 4 rings (SSSR count). The fourth-order valence-electron chi connectivity index (χ4n) is 4.49. The second-order valence-electron chi connectivity index (χ2n) is 8.37. The van der Waals surface area contributed by atoms with Crippen molar-refractivity contribution in [3.8, 4) is 0 Å². The van der Waals surface area contributed by atoms with Gasteiger partial charge < -0.3 is 4.90 Å². The van der Waals surface area contributed by atoms with E-state index in [1.807, 2.05) is 23.2 Å². The predicted molar refractivity (Wildman–Crippen MR) is 112 cm³/mol. The third kappa shape index (κ3) is 5.10. The van der Waals surface area contributed by atoms with E-state index in [2.05, 4.69) is 22.0 Å². The van der Waals surface area contributed by atoms with Crippen LogP contribution in [0.2, 0.25) is 0 Å². The molecule has 2 aliphatic rings. The molecule has 0 aliphatic carbocycles. The van der Waals surface area contributed by atoms with E-state index < -0.39 is 0 Å². The van der Waals surface area contributed by atoms with Gasteiger partial charge in [-0.05, 0) is 67.1 Å². The van der Waals surface area contributed by atoms with Crippen LogP contribution in [0.5, 0.6) is 0 Å². The average Bonchev–Trinajstić information content (AvgIpc) is 2.75. The molecule has 5 heteroatoms. The summed E-state index contributed by atoms with van der Waals surface area (Å²) in [4.78, 5) is 21.1. The van der Waals surface area contributed by atoms with Gasteiger partial charge in [0.15, 0.2) is 0 Å². The molecule has 0 bridgehead atoms. The first-order chi connectivity index (χ1) is 14.1. The second-order valence-corrected chi connectivity index (χ2v) is 8.37. The minimum absolute atomic E-state index is 0.202. The van der Waals surface area contributed by atoms with Gasteiger partial charge >= 0.3 is 0 Å². The minimum atomic E-state index is -0.202. The highest BCUT2D eigenvalue weighted by atomic mass is 19.1. The van der Waals surface area contributed by atoms with Crippen LogP contribution in [0.4, 0.5) is 4.39 Å². The molecule has 1 amide bonds. The largest absolute Gasteiger partial charge is 0.338 e. The average molecular weight is 394 g/mol. The van der Waals surface area contributed by atoms with Crippen LogP contribution in [0.25, 0.3) is 6.08 Å². The SMILES string of the molecule is O=C1CCC2(CCN(CC=Cc3ccc(F)cc3)CC2)CN1Cc1cccnc1. The topological polar surface area (TPSA) is 36.4 Å². The summed E-state index contributed by atoms with van der Waals surface area (Å²) in [6.45, 7) is 4.55. The summed E-state index contributed by atoms with van der Waals surface area (Å²) in [5, 5.41) is 0. The second kappa shape index (κ2) is 8.87. The Balaban J connectivity index is 1.29. The van der Waals surface area contributed by atoms with Crippen LogP contribution in [-0.2, 0) is 11.3 Å². The molecule has 4 nitrogen and oxygen atoms in total. The number of pyridine rings is 1. The Morgan fingerprint density at radius 3 is 2.62 bits per heavy atom. The fraction of sp³-hybridized carbons (Fsp3) is 0.417. The predicted octanol–water partition coefficient (Wildman–Crippen LogP) is 4.14. The van der Waals surface area contributed by atoms with E-state index in [1.54, 1.807) is 18.3 Å². The van der Waals surface area contributed by atoms with Gasteiger partial charge in [-0.1, -0.05) is 30.4 Å². The normalized spacial score (nSPS) is 19.9. The Labute approximate surface area is 172 Å². The third-order valence-corrected chi connectivity index (χ3v) is 6.31. The Kier molecular flexibility index (Phi) is 6.05. The summed E-state index contributed by atoms with van der Waals surface area (Å²) in [7, 11) is 0. The molecule has 0 atom stereocenters. The molecule has 2 fully saturated rings. The standard InChI is InChI=1S/C24H28FN3O/c25-22-7-5-20(6-8-22)4-2-14-27-15-11-24(12-16-27)10-9-23(29)28(19-24)18-21-3-1-13-26-17-21/h1-8,13,17H,9-12,14-16,18-19H2. The zero-order valence-corrected chi connectivity index (χ0v) is 16.8. The number of likely N-dealkylation sites (tertiary alicyclic amines) is 2. The van der Waals surface area contributed by atoms with Gasteiger partial charge in [-0.25, -0.2) is 4.39 Å². The number of piperidine rings is 2. The first-order valence-corrected chi connectivity index (χ1v) is 10.4. The number of hydrogen-bond acceptors (Lipinski definition) is 3. The summed E-state index contributed by atoms with van der Waals surface area (Å²) >= 11 is 0. The van der Waals surface area contributed by atoms with Gasteiger partial charge in [-0.3, -0.25) is 14.7 Å². The maximum Gasteiger partial charge on any atom is 0.222 e. The molecule has 0 unspecified atom stereocenters. The highest BCUT2D eigenvalue weighted by molar-refractivity contribution is 5.77. The molecule has 2 aliphatic heterocycles. The lowest BCUT2D eigenvalue weighted by Crippen LogP contribution is -2.51. The van der Waals surface area contributed by atoms with Crippen molar-refractivity contribution in [3.63, 3.8) is 0 Å². The molecule has 152 valence electrons. The van der Waals surface area contributed by atoms with E-state index in [9.17, 15) is 9.18 Å². The molecule has 0 radical (unpaired) electrons. The summed E-state index contributed by atoms with van der Waals surface area (Å²) in [5.41, 5.74) is 2.38. The van der Waals surface area contributed by atoms with Gasteiger partial charge in [0, 0.05) is 38.4 Å². The first-order valence-electron chi connectivity index (χ1n) is 10.4. The number of benzene rings is 1. The lowest BCUT2D eigenvalue weighted by atomic mass is 9.72. The molecule has 2 aromatic rings. The summed E-state index contributed by atoms with van der Waals surface area (Å²) in [6.07, 6.45) is 11.8. The molecule has 1 spiro atoms.